The lowest BCUT2D eigenvalue weighted by Gasteiger charge is -2.24. The second kappa shape index (κ2) is 7.67. The molecule has 6 nitrogen and oxygen atoms in total. The molecule has 29 heavy (non-hydrogen) atoms. The van der Waals surface area contributed by atoms with Crippen molar-refractivity contribution in [2.45, 2.75) is 26.8 Å². The van der Waals surface area contributed by atoms with Crippen LogP contribution in [0, 0.1) is 6.92 Å². The van der Waals surface area contributed by atoms with E-state index in [-0.39, 0.29) is 12.2 Å². The number of rotatable bonds is 4. The van der Waals surface area contributed by atoms with Gasteiger partial charge in [0, 0.05) is 6.08 Å². The fourth-order valence-electron chi connectivity index (χ4n) is 3.36. The maximum atomic E-state index is 13.3. The van der Waals surface area contributed by atoms with Crippen molar-refractivity contribution in [1.82, 2.24) is 4.57 Å². The second-order valence-electron chi connectivity index (χ2n) is 6.73. The molecule has 0 unspecified atom stereocenters. The summed E-state index contributed by atoms with van der Waals surface area (Å²) in [6, 6.07) is 10.7. The maximum Gasteiger partial charge on any atom is 0.338 e. The van der Waals surface area contributed by atoms with Gasteiger partial charge < -0.3 is 9.15 Å². The minimum atomic E-state index is -0.593. The summed E-state index contributed by atoms with van der Waals surface area (Å²) in [5, 5.41) is 0. The van der Waals surface area contributed by atoms with Gasteiger partial charge in [-0.15, -0.1) is 0 Å². The van der Waals surface area contributed by atoms with Crippen LogP contribution in [0.3, 0.4) is 0 Å². The number of carbonyl (C=O) groups excluding carboxylic acids is 1. The number of aromatic nitrogens is 1. The lowest BCUT2D eigenvalue weighted by Crippen LogP contribution is -2.39. The molecule has 2 aromatic heterocycles. The zero-order valence-electron chi connectivity index (χ0n) is 16.3. The van der Waals surface area contributed by atoms with Crippen molar-refractivity contribution in [3.05, 3.63) is 90.5 Å². The number of benzene rings is 1. The summed E-state index contributed by atoms with van der Waals surface area (Å²) >= 11 is 1.27. The summed E-state index contributed by atoms with van der Waals surface area (Å²) in [4.78, 5) is 31.1. The summed E-state index contributed by atoms with van der Waals surface area (Å²) in [5.74, 6) is 0.128. The van der Waals surface area contributed by atoms with Crippen LogP contribution in [0.2, 0.25) is 0 Å². The van der Waals surface area contributed by atoms with Crippen LogP contribution < -0.4 is 14.9 Å². The largest absolute Gasteiger partial charge is 0.465 e. The molecule has 7 heteroatoms. The third kappa shape index (κ3) is 3.49. The van der Waals surface area contributed by atoms with Crippen LogP contribution in [0.15, 0.2) is 68.1 Å². The molecule has 0 amide bonds. The molecule has 0 aliphatic carbocycles. The number of allylic oxidation sites excluding steroid dienone is 1. The molecule has 1 atom stereocenters. The van der Waals surface area contributed by atoms with Crippen LogP contribution in [0.1, 0.15) is 36.8 Å². The van der Waals surface area contributed by atoms with Crippen LogP contribution in [0.4, 0.5) is 0 Å². The Kier molecular flexibility index (Phi) is 5.07. The van der Waals surface area contributed by atoms with Gasteiger partial charge in [0.1, 0.15) is 5.76 Å². The molecule has 3 aromatic rings. The summed E-state index contributed by atoms with van der Waals surface area (Å²) in [6.45, 7) is 5.77. The molecule has 4 rings (SSSR count). The molecule has 1 aromatic carbocycles. The van der Waals surface area contributed by atoms with E-state index in [1.807, 2.05) is 31.2 Å². The third-order valence-electron chi connectivity index (χ3n) is 4.73. The maximum absolute atomic E-state index is 13.3. The highest BCUT2D eigenvalue weighted by molar-refractivity contribution is 7.07. The van der Waals surface area contributed by atoms with Gasteiger partial charge >= 0.3 is 5.97 Å². The SMILES string of the molecule is CCOC(=O)C1=C(C)N=c2s/c(=C/c3ccco3)c(=O)n2[C@@H]1c1ccc(C)cc1. The Morgan fingerprint density at radius 2 is 2.03 bits per heavy atom. The zero-order valence-corrected chi connectivity index (χ0v) is 17.2. The molecule has 0 saturated heterocycles. The number of carbonyl (C=O) groups is 1. The quantitative estimate of drug-likeness (QED) is 0.622. The number of furan rings is 1. The van der Waals surface area contributed by atoms with Gasteiger partial charge in [-0.1, -0.05) is 41.2 Å². The molecule has 0 N–H and O–H groups in total. The van der Waals surface area contributed by atoms with Crippen molar-refractivity contribution < 1.29 is 13.9 Å². The first-order valence-corrected chi connectivity index (χ1v) is 10.1. The van der Waals surface area contributed by atoms with Crippen LogP contribution in [0.25, 0.3) is 6.08 Å². The fraction of sp³-hybridized carbons (Fsp3) is 0.227. The molecule has 148 valence electrons. The van der Waals surface area contributed by atoms with Gasteiger partial charge in [-0.2, -0.15) is 0 Å². The van der Waals surface area contributed by atoms with E-state index in [1.165, 1.54) is 11.3 Å². The Labute approximate surface area is 171 Å². The average Bonchev–Trinajstić information content (AvgIpc) is 3.30. The van der Waals surface area contributed by atoms with Crippen molar-refractivity contribution in [3.8, 4) is 0 Å². The van der Waals surface area contributed by atoms with Gasteiger partial charge in [0.05, 0.1) is 34.7 Å². The Hall–Kier alpha value is -3.19. The molecule has 1 aliphatic rings. The van der Waals surface area contributed by atoms with E-state index >= 15 is 0 Å². The number of hydrogen-bond donors (Lipinski definition) is 0. The predicted octanol–water partition coefficient (Wildman–Crippen LogP) is 2.70. The van der Waals surface area contributed by atoms with Crippen LogP contribution in [-0.4, -0.2) is 17.1 Å². The molecule has 0 fully saturated rings. The number of thiazole rings is 1. The predicted molar refractivity (Wildman–Crippen MR) is 110 cm³/mol. The number of esters is 1. The smallest absolute Gasteiger partial charge is 0.338 e. The van der Waals surface area contributed by atoms with Crippen molar-refractivity contribution in [3.63, 3.8) is 0 Å². The number of aryl methyl sites for hydroxylation is 1. The topological polar surface area (TPSA) is 73.8 Å². The average molecular weight is 408 g/mol. The van der Waals surface area contributed by atoms with Gasteiger partial charge in [0.25, 0.3) is 5.56 Å². The van der Waals surface area contributed by atoms with Gasteiger partial charge in [0.15, 0.2) is 4.80 Å². The number of hydrogen-bond acceptors (Lipinski definition) is 6. The minimum Gasteiger partial charge on any atom is -0.465 e. The van der Waals surface area contributed by atoms with Gasteiger partial charge in [-0.05, 0) is 38.5 Å². The first kappa shape index (κ1) is 19.1. The van der Waals surface area contributed by atoms with E-state index in [0.717, 1.165) is 11.1 Å². The molecule has 0 bridgehead atoms. The molecule has 0 saturated carbocycles. The van der Waals surface area contributed by atoms with Gasteiger partial charge in [0.2, 0.25) is 0 Å². The normalized spacial score (nSPS) is 16.5. The molecule has 0 spiro atoms. The summed E-state index contributed by atoms with van der Waals surface area (Å²) in [6.07, 6.45) is 3.25. The summed E-state index contributed by atoms with van der Waals surface area (Å²) in [7, 11) is 0. The van der Waals surface area contributed by atoms with E-state index in [4.69, 9.17) is 9.15 Å². The highest BCUT2D eigenvalue weighted by Crippen LogP contribution is 2.30. The van der Waals surface area contributed by atoms with Crippen molar-refractivity contribution in [2.75, 3.05) is 6.61 Å². The fourth-order valence-corrected chi connectivity index (χ4v) is 4.38. The summed E-state index contributed by atoms with van der Waals surface area (Å²) < 4.78 is 12.7. The van der Waals surface area contributed by atoms with E-state index in [2.05, 4.69) is 4.99 Å². The summed E-state index contributed by atoms with van der Waals surface area (Å²) in [5.41, 5.74) is 2.65. The Bertz CT molecular complexity index is 1260. The Balaban J connectivity index is 1.97. The van der Waals surface area contributed by atoms with Crippen molar-refractivity contribution >= 4 is 23.4 Å². The zero-order chi connectivity index (χ0) is 20.5. The Morgan fingerprint density at radius 1 is 1.28 bits per heavy atom. The molecule has 0 radical (unpaired) electrons. The first-order chi connectivity index (χ1) is 14.0. The first-order valence-electron chi connectivity index (χ1n) is 9.29. The Morgan fingerprint density at radius 3 is 2.69 bits per heavy atom. The van der Waals surface area contributed by atoms with Gasteiger partial charge in [-0.25, -0.2) is 9.79 Å². The standard InChI is InChI=1S/C22H20N2O4S/c1-4-27-21(26)18-14(3)23-22-24(19(18)15-9-7-13(2)8-10-15)20(25)17(29-22)12-16-6-5-11-28-16/h5-12,19H,4H2,1-3H3/b17-12+/t19-/m1/s1. The molecular formula is C22H20N2O4S. The number of nitrogens with zero attached hydrogens (tertiary/aromatic N) is 2. The lowest BCUT2D eigenvalue weighted by molar-refractivity contribution is -0.139. The van der Waals surface area contributed by atoms with Crippen LogP contribution in [-0.2, 0) is 9.53 Å². The molecule has 3 heterocycles. The van der Waals surface area contributed by atoms with E-state index in [9.17, 15) is 9.59 Å². The lowest BCUT2D eigenvalue weighted by atomic mass is 9.95. The monoisotopic (exact) mass is 408 g/mol. The number of ether oxygens (including phenoxy) is 1. The highest BCUT2D eigenvalue weighted by Gasteiger charge is 2.33. The molecule has 1 aliphatic heterocycles. The number of fused-ring (bicyclic) bond motifs is 1. The third-order valence-corrected chi connectivity index (χ3v) is 5.71. The molecular weight excluding hydrogens is 388 g/mol. The van der Waals surface area contributed by atoms with E-state index in [0.29, 0.717) is 26.4 Å². The highest BCUT2D eigenvalue weighted by atomic mass is 32.1. The van der Waals surface area contributed by atoms with Crippen LogP contribution in [0.5, 0.6) is 0 Å². The van der Waals surface area contributed by atoms with Crippen LogP contribution >= 0.6 is 11.3 Å². The van der Waals surface area contributed by atoms with Crippen molar-refractivity contribution in [2.24, 2.45) is 4.99 Å². The van der Waals surface area contributed by atoms with Gasteiger partial charge in [-0.3, -0.25) is 9.36 Å². The second-order valence-corrected chi connectivity index (χ2v) is 7.74. The van der Waals surface area contributed by atoms with Crippen molar-refractivity contribution in [1.29, 1.82) is 0 Å². The van der Waals surface area contributed by atoms with E-state index in [1.54, 1.807) is 42.9 Å². The minimum absolute atomic E-state index is 0.218. The van der Waals surface area contributed by atoms with E-state index < -0.39 is 12.0 Å².